The Hall–Kier alpha value is -2.24. The number of methoxy groups -OCH3 is 1. The number of carbonyl (C=O) groups excluding carboxylic acids is 1. The van der Waals surface area contributed by atoms with Crippen LogP contribution in [-0.2, 0) is 21.4 Å². The quantitative estimate of drug-likeness (QED) is 0.704. The maximum atomic E-state index is 11.7. The summed E-state index contributed by atoms with van der Waals surface area (Å²) in [7, 11) is -2.96. The second kappa shape index (κ2) is 7.52. The van der Waals surface area contributed by atoms with E-state index in [1.54, 1.807) is 22.9 Å². The minimum atomic E-state index is -4.04. The molecule has 0 unspecified atom stereocenters. The fourth-order valence-corrected chi connectivity index (χ4v) is 2.38. The number of aryl methyl sites for hydroxylation is 1. The predicted molar refractivity (Wildman–Crippen MR) is 79.8 cm³/mol. The molecule has 0 aromatic heterocycles. The molecule has 1 rings (SSSR count). The Morgan fingerprint density at radius 1 is 1.43 bits per heavy atom. The third-order valence-corrected chi connectivity index (χ3v) is 3.39. The van der Waals surface area contributed by atoms with E-state index in [0.29, 0.717) is 12.1 Å². The summed E-state index contributed by atoms with van der Waals surface area (Å²) < 4.78 is 31.7. The minimum Gasteiger partial charge on any atom is -0.452 e. The molecule has 1 amide bonds. The van der Waals surface area contributed by atoms with Crippen molar-refractivity contribution in [1.29, 1.82) is 0 Å². The normalized spacial score (nSPS) is 10.2. The van der Waals surface area contributed by atoms with Crippen LogP contribution in [0.4, 0.5) is 10.5 Å². The van der Waals surface area contributed by atoms with Crippen LogP contribution in [0.5, 0.6) is 0 Å². The van der Waals surface area contributed by atoms with Gasteiger partial charge in [0.25, 0.3) is 0 Å². The molecule has 0 heterocycles. The zero-order chi connectivity index (χ0) is 15.9. The number of benzene rings is 1. The largest absolute Gasteiger partial charge is 0.452 e. The maximum absolute atomic E-state index is 11.7. The first-order valence-electron chi connectivity index (χ1n) is 6.12. The molecule has 0 saturated carbocycles. The molecule has 0 fully saturated rings. The van der Waals surface area contributed by atoms with E-state index in [1.165, 1.54) is 0 Å². The fraction of sp³-hybridized carbons (Fsp3) is 0.308. The first-order chi connectivity index (χ1) is 9.91. The molecule has 0 radical (unpaired) electrons. The molecule has 0 atom stereocenters. The van der Waals surface area contributed by atoms with Gasteiger partial charge in [0, 0.05) is 5.56 Å². The number of hydrogen-bond donors (Lipinski definition) is 3. The Kier molecular flexibility index (Phi) is 6.02. The Balaban J connectivity index is 3.00. The van der Waals surface area contributed by atoms with E-state index >= 15 is 0 Å². The molecule has 7 nitrogen and oxygen atoms in total. The van der Waals surface area contributed by atoms with Gasteiger partial charge in [-0.1, -0.05) is 18.8 Å². The molecule has 0 saturated heterocycles. The summed E-state index contributed by atoms with van der Waals surface area (Å²) in [5.41, 5.74) is 7.15. The van der Waals surface area contributed by atoms with Gasteiger partial charge in [0.05, 0.1) is 19.3 Å². The number of anilines is 1. The lowest BCUT2D eigenvalue weighted by Crippen LogP contribution is -2.35. The molecule has 1 aromatic carbocycles. The number of hydrogen-bond acceptors (Lipinski definition) is 5. The molecule has 114 valence electrons. The summed E-state index contributed by atoms with van der Waals surface area (Å²) in [5.74, 6) is 5.59. The van der Waals surface area contributed by atoms with Gasteiger partial charge < -0.3 is 10.5 Å². The molecular weight excluding hydrogens is 294 g/mol. The van der Waals surface area contributed by atoms with Crippen molar-refractivity contribution >= 4 is 22.0 Å². The van der Waals surface area contributed by atoms with Crippen LogP contribution in [0.15, 0.2) is 18.2 Å². The van der Waals surface area contributed by atoms with E-state index in [-0.39, 0.29) is 6.54 Å². The van der Waals surface area contributed by atoms with Crippen molar-refractivity contribution in [2.75, 3.05) is 18.4 Å². The van der Waals surface area contributed by atoms with Gasteiger partial charge in [0.15, 0.2) is 0 Å². The van der Waals surface area contributed by atoms with Crippen LogP contribution >= 0.6 is 0 Å². The van der Waals surface area contributed by atoms with Crippen LogP contribution in [0.25, 0.3) is 0 Å². The zero-order valence-electron chi connectivity index (χ0n) is 11.8. The molecule has 1 aromatic rings. The lowest BCUT2D eigenvalue weighted by Gasteiger charge is -2.12. The topological polar surface area (TPSA) is 111 Å². The van der Waals surface area contributed by atoms with Crippen LogP contribution in [0, 0.1) is 11.8 Å². The Bertz CT molecular complexity index is 674. The van der Waals surface area contributed by atoms with Crippen molar-refractivity contribution in [2.24, 2.45) is 5.73 Å². The summed E-state index contributed by atoms with van der Waals surface area (Å²) in [6, 6.07) is 5.01. The monoisotopic (exact) mass is 311 g/mol. The molecule has 0 aliphatic carbocycles. The second-order valence-corrected chi connectivity index (χ2v) is 5.35. The van der Waals surface area contributed by atoms with Gasteiger partial charge in [-0.05, 0) is 30.2 Å². The molecule has 0 aliphatic heterocycles. The standard InChI is InChI=1S/C13H17N3O4S/c1-3-11-9-10(5-4-8-14)6-7-12(11)15-21(18,19)16-13(17)20-2/h6-7,9,15H,3,8,14H2,1-2H3,(H,16,17). The van der Waals surface area contributed by atoms with Crippen molar-refractivity contribution in [3.63, 3.8) is 0 Å². The average Bonchev–Trinajstić information content (AvgIpc) is 2.45. The number of amides is 1. The van der Waals surface area contributed by atoms with E-state index in [2.05, 4.69) is 21.3 Å². The van der Waals surface area contributed by atoms with Crippen molar-refractivity contribution < 1.29 is 17.9 Å². The Morgan fingerprint density at radius 3 is 2.71 bits per heavy atom. The maximum Gasteiger partial charge on any atom is 0.422 e. The van der Waals surface area contributed by atoms with Gasteiger partial charge in [-0.3, -0.25) is 4.72 Å². The Labute approximate surface area is 124 Å². The molecule has 21 heavy (non-hydrogen) atoms. The average molecular weight is 311 g/mol. The van der Waals surface area contributed by atoms with Crippen LogP contribution in [0.2, 0.25) is 0 Å². The minimum absolute atomic E-state index is 0.249. The first kappa shape index (κ1) is 16.8. The highest BCUT2D eigenvalue weighted by Crippen LogP contribution is 2.19. The second-order valence-electron chi connectivity index (χ2n) is 3.93. The number of ether oxygens (including phenoxy) is 1. The van der Waals surface area contributed by atoms with Crippen LogP contribution in [0.1, 0.15) is 18.1 Å². The van der Waals surface area contributed by atoms with Crippen molar-refractivity contribution in [3.8, 4) is 11.8 Å². The smallest absolute Gasteiger partial charge is 0.422 e. The number of nitrogens with two attached hydrogens (primary N) is 1. The highest BCUT2D eigenvalue weighted by molar-refractivity contribution is 7.91. The van der Waals surface area contributed by atoms with E-state index in [0.717, 1.165) is 18.2 Å². The lowest BCUT2D eigenvalue weighted by molar-refractivity contribution is 0.177. The summed E-state index contributed by atoms with van der Waals surface area (Å²) >= 11 is 0. The summed E-state index contributed by atoms with van der Waals surface area (Å²) in [4.78, 5) is 11.0. The molecule has 0 aliphatic rings. The molecule has 4 N–H and O–H groups in total. The van der Waals surface area contributed by atoms with E-state index in [1.807, 2.05) is 6.92 Å². The molecular formula is C13H17N3O4S. The van der Waals surface area contributed by atoms with Crippen LogP contribution < -0.4 is 15.2 Å². The molecule has 8 heteroatoms. The fourth-order valence-electron chi connectivity index (χ4n) is 1.54. The SMILES string of the molecule is CCc1cc(C#CCN)ccc1NS(=O)(=O)NC(=O)OC. The van der Waals surface area contributed by atoms with E-state index in [4.69, 9.17) is 5.73 Å². The van der Waals surface area contributed by atoms with Gasteiger partial charge in [-0.2, -0.15) is 8.42 Å². The van der Waals surface area contributed by atoms with Gasteiger partial charge in [0.2, 0.25) is 0 Å². The lowest BCUT2D eigenvalue weighted by atomic mass is 10.1. The van der Waals surface area contributed by atoms with Gasteiger partial charge in [-0.15, -0.1) is 0 Å². The van der Waals surface area contributed by atoms with Gasteiger partial charge in [0.1, 0.15) is 0 Å². The summed E-state index contributed by atoms with van der Waals surface area (Å²) in [5, 5.41) is 0. The Morgan fingerprint density at radius 2 is 2.14 bits per heavy atom. The molecule has 0 spiro atoms. The van der Waals surface area contributed by atoms with Crippen molar-refractivity contribution in [3.05, 3.63) is 29.3 Å². The van der Waals surface area contributed by atoms with Gasteiger partial charge >= 0.3 is 16.3 Å². The van der Waals surface area contributed by atoms with Gasteiger partial charge in [-0.25, -0.2) is 9.52 Å². The van der Waals surface area contributed by atoms with E-state index in [9.17, 15) is 13.2 Å². The van der Waals surface area contributed by atoms with E-state index < -0.39 is 16.3 Å². The van der Waals surface area contributed by atoms with Crippen molar-refractivity contribution in [1.82, 2.24) is 4.72 Å². The first-order valence-corrected chi connectivity index (χ1v) is 7.60. The summed E-state index contributed by atoms with van der Waals surface area (Å²) in [6.07, 6.45) is -0.472. The third kappa shape index (κ3) is 5.33. The predicted octanol–water partition coefficient (Wildman–Crippen LogP) is 0.572. The highest BCUT2D eigenvalue weighted by atomic mass is 32.2. The van der Waals surface area contributed by atoms with Crippen LogP contribution in [-0.4, -0.2) is 28.2 Å². The zero-order valence-corrected chi connectivity index (χ0v) is 12.6. The number of carbonyl (C=O) groups is 1. The number of rotatable bonds is 4. The van der Waals surface area contributed by atoms with Crippen molar-refractivity contribution in [2.45, 2.75) is 13.3 Å². The number of nitrogens with one attached hydrogen (secondary N) is 2. The summed E-state index contributed by atoms with van der Waals surface area (Å²) in [6.45, 7) is 2.12. The third-order valence-electron chi connectivity index (χ3n) is 2.47. The highest BCUT2D eigenvalue weighted by Gasteiger charge is 2.16. The van der Waals surface area contributed by atoms with Crippen LogP contribution in [0.3, 0.4) is 0 Å². The molecule has 0 bridgehead atoms.